The molecule has 0 amide bonds. The van der Waals surface area contributed by atoms with Crippen molar-refractivity contribution in [1.82, 2.24) is 0 Å². The minimum absolute atomic E-state index is 0.00614. The van der Waals surface area contributed by atoms with Crippen molar-refractivity contribution in [3.63, 3.8) is 0 Å². The van der Waals surface area contributed by atoms with Gasteiger partial charge in [-0.2, -0.15) is 0 Å². The Bertz CT molecular complexity index is 404. The van der Waals surface area contributed by atoms with Crippen LogP contribution in [0.3, 0.4) is 0 Å². The second-order valence-corrected chi connectivity index (χ2v) is 22.9. The normalized spacial score (nSPS) is 13.1. The second-order valence-electron chi connectivity index (χ2n) is 9.51. The van der Waals surface area contributed by atoms with Crippen LogP contribution in [0.1, 0.15) is 116 Å². The first-order chi connectivity index (χ1) is 13.8. The van der Waals surface area contributed by atoms with E-state index in [2.05, 4.69) is 46.5 Å². The van der Waals surface area contributed by atoms with Crippen molar-refractivity contribution in [3.05, 3.63) is 12.2 Å². The summed E-state index contributed by atoms with van der Waals surface area (Å²) in [4.78, 5) is 18.1. The quantitative estimate of drug-likeness (QED) is 0.0732. The molecule has 1 unspecified atom stereocenters. The van der Waals surface area contributed by atoms with Gasteiger partial charge < -0.3 is 0 Å². The average molecular weight is 533 g/mol. The van der Waals surface area contributed by atoms with Gasteiger partial charge in [-0.1, -0.05) is 51.2 Å². The van der Waals surface area contributed by atoms with E-state index in [0.29, 0.717) is 11.7 Å². The van der Waals surface area contributed by atoms with Crippen molar-refractivity contribution in [2.24, 2.45) is 0 Å². The van der Waals surface area contributed by atoms with Crippen molar-refractivity contribution in [3.8, 4) is 0 Å². The van der Waals surface area contributed by atoms with Gasteiger partial charge in [-0.25, -0.2) is 0 Å². The van der Waals surface area contributed by atoms with Crippen molar-refractivity contribution < 1.29 is 7.87 Å². The number of carbonyl (C=O) groups is 1. The van der Waals surface area contributed by atoms with Crippen molar-refractivity contribution in [2.75, 3.05) is 0 Å². The molecule has 1 atom stereocenters. The van der Waals surface area contributed by atoms with Gasteiger partial charge in [0.2, 0.25) is 0 Å². The molecule has 0 spiro atoms. The van der Waals surface area contributed by atoms with Gasteiger partial charge in [-0.15, -0.1) is 0 Å². The first kappa shape index (κ1) is 29.4. The van der Waals surface area contributed by atoms with Crippen molar-refractivity contribution >= 4 is 37.4 Å². The molecule has 0 aromatic carbocycles. The maximum atomic E-state index is 11.8. The van der Waals surface area contributed by atoms with E-state index in [9.17, 15) is 4.79 Å². The summed E-state index contributed by atoms with van der Waals surface area (Å²) in [5, 5.41) is 0.342. The van der Waals surface area contributed by atoms with Crippen LogP contribution in [-0.4, -0.2) is 30.0 Å². The molecule has 4 heteroatoms. The van der Waals surface area contributed by atoms with Crippen molar-refractivity contribution in [2.45, 2.75) is 136 Å². The van der Waals surface area contributed by atoms with Gasteiger partial charge in [0.1, 0.15) is 0 Å². The third kappa shape index (κ3) is 24.5. The van der Waals surface area contributed by atoms with Gasteiger partial charge in [-0.05, 0) is 19.3 Å². The molecule has 172 valence electrons. The molecule has 0 N–H and O–H groups in total. The summed E-state index contributed by atoms with van der Waals surface area (Å²) < 4.78 is 5.56. The molecule has 0 aliphatic carbocycles. The van der Waals surface area contributed by atoms with Gasteiger partial charge in [0.15, 0.2) is 0 Å². The number of hydrogen-bond donors (Lipinski definition) is 1. The number of unbranched alkanes of at least 4 members (excludes halogenated alkanes) is 12. The van der Waals surface area contributed by atoms with E-state index in [1.54, 1.807) is 0 Å². The van der Waals surface area contributed by atoms with Gasteiger partial charge >= 0.3 is 123 Å². The zero-order chi connectivity index (χ0) is 21.8. The third-order valence-electron chi connectivity index (χ3n) is 5.15. The molecular formula is C25H50O2SSn. The first-order valence-electron chi connectivity index (χ1n) is 12.4. The predicted molar refractivity (Wildman–Crippen MR) is 136 cm³/mol. The first-order valence-corrected chi connectivity index (χ1v) is 22.6. The van der Waals surface area contributed by atoms with Crippen molar-refractivity contribution in [1.29, 1.82) is 0 Å². The molecule has 2 nitrogen and oxygen atoms in total. The molecule has 0 heterocycles. The number of allylic oxidation sites excluding steroid dienone is 2. The van der Waals surface area contributed by atoms with E-state index in [1.807, 2.05) is 0 Å². The summed E-state index contributed by atoms with van der Waals surface area (Å²) in [6.07, 6.45) is 26.1. The molecular weight excluding hydrogens is 483 g/mol. The Morgan fingerprint density at radius 1 is 0.793 bits per heavy atom. The van der Waals surface area contributed by atoms with Gasteiger partial charge in [0, 0.05) is 0 Å². The van der Waals surface area contributed by atoms with Crippen LogP contribution in [0.4, 0.5) is 0 Å². The Hall–Kier alpha value is 0.359. The molecule has 0 rings (SSSR count). The molecule has 0 bridgehead atoms. The monoisotopic (exact) mass is 534 g/mol. The van der Waals surface area contributed by atoms with E-state index in [1.165, 1.54) is 89.9 Å². The average Bonchev–Trinajstić information content (AvgIpc) is 2.64. The van der Waals surface area contributed by atoms with Crippen LogP contribution in [0, 0.1) is 0 Å². The number of hydrogen-bond acceptors (Lipinski definition) is 3. The predicted octanol–water partition coefficient (Wildman–Crippen LogP) is 8.87. The van der Waals surface area contributed by atoms with E-state index in [0.717, 1.165) is 12.8 Å². The molecule has 0 saturated carbocycles. The standard InChI is InChI=1S/C22H42O2S.3CH3.Sn/c1-2-3-4-5-6-7-8-9-10-11-12-13-14-15-16-17-18-21(25)19-20-22(23)24;;;;/h9-10,21,25H,2-8,11-20H2,1H3,(H,23,24);3*1H3;/q;;;;+1/p-1/b10-9-;;;;. The third-order valence-corrected chi connectivity index (χ3v) is 8.06. The Morgan fingerprint density at radius 2 is 1.28 bits per heavy atom. The van der Waals surface area contributed by atoms with E-state index in [-0.39, 0.29) is 5.97 Å². The summed E-state index contributed by atoms with van der Waals surface area (Å²) in [6, 6.07) is 0. The van der Waals surface area contributed by atoms with Crippen LogP contribution in [0.25, 0.3) is 0 Å². The van der Waals surface area contributed by atoms with Crippen LogP contribution in [0.2, 0.25) is 14.8 Å². The summed E-state index contributed by atoms with van der Waals surface area (Å²) in [7, 11) is 0. The molecule has 29 heavy (non-hydrogen) atoms. The van der Waals surface area contributed by atoms with Crippen LogP contribution < -0.4 is 0 Å². The fourth-order valence-electron chi connectivity index (χ4n) is 3.45. The summed E-state index contributed by atoms with van der Waals surface area (Å²) >= 11 is 2.22. The topological polar surface area (TPSA) is 26.3 Å². The number of carbonyl (C=O) groups excluding carboxylic acids is 1. The molecule has 0 fully saturated rings. The van der Waals surface area contributed by atoms with Crippen LogP contribution in [0.15, 0.2) is 12.2 Å². The molecule has 0 aliphatic rings. The fourth-order valence-corrected chi connectivity index (χ4v) is 6.00. The van der Waals surface area contributed by atoms with Crippen LogP contribution in [-0.2, 0) is 7.87 Å². The van der Waals surface area contributed by atoms with Crippen LogP contribution in [0.5, 0.6) is 0 Å². The Kier molecular flexibility index (Phi) is 20.5. The molecule has 0 aliphatic heterocycles. The van der Waals surface area contributed by atoms with Gasteiger partial charge in [-0.3, -0.25) is 0 Å². The molecule has 0 saturated heterocycles. The Balaban J connectivity index is 3.34. The van der Waals surface area contributed by atoms with E-state index >= 15 is 0 Å². The van der Waals surface area contributed by atoms with Gasteiger partial charge in [0.25, 0.3) is 0 Å². The van der Waals surface area contributed by atoms with E-state index < -0.39 is 18.8 Å². The summed E-state index contributed by atoms with van der Waals surface area (Å²) in [6.45, 7) is 2.28. The minimum atomic E-state index is -2.43. The summed E-state index contributed by atoms with van der Waals surface area (Å²) in [5.74, 6) is -0.00614. The Labute approximate surface area is 192 Å². The zero-order valence-electron chi connectivity index (χ0n) is 20.0. The van der Waals surface area contributed by atoms with Gasteiger partial charge in [0.05, 0.1) is 0 Å². The molecule has 0 aromatic rings. The Morgan fingerprint density at radius 3 is 1.79 bits per heavy atom. The fraction of sp³-hybridized carbons (Fsp3) is 0.880. The van der Waals surface area contributed by atoms with E-state index in [4.69, 9.17) is 3.07 Å². The number of rotatable bonds is 20. The summed E-state index contributed by atoms with van der Waals surface area (Å²) in [5.41, 5.74) is 0. The molecule has 0 aromatic heterocycles. The number of thiol groups is 1. The zero-order valence-corrected chi connectivity index (χ0v) is 23.8. The van der Waals surface area contributed by atoms with Crippen LogP contribution >= 0.6 is 12.6 Å². The maximum absolute atomic E-state index is 11.8. The molecule has 0 radical (unpaired) electrons. The second kappa shape index (κ2) is 20.3. The SMILES string of the molecule is CCCCCCCC/C=C\CCCCCCCCC(S)CCC(=O)[O][Sn]([CH3])([CH3])[CH3].